The highest BCUT2D eigenvalue weighted by Crippen LogP contribution is 2.23. The van der Waals surface area contributed by atoms with Crippen LogP contribution in [0.3, 0.4) is 0 Å². The lowest BCUT2D eigenvalue weighted by Crippen LogP contribution is -2.38. The third-order valence-electron chi connectivity index (χ3n) is 6.55. The van der Waals surface area contributed by atoms with Crippen molar-refractivity contribution in [3.63, 3.8) is 0 Å². The highest BCUT2D eigenvalue weighted by atomic mass is 32.1. The van der Waals surface area contributed by atoms with E-state index in [0.29, 0.717) is 0 Å². The summed E-state index contributed by atoms with van der Waals surface area (Å²) in [6.07, 6.45) is 2.09. The van der Waals surface area contributed by atoms with Gasteiger partial charge < -0.3 is 9.30 Å². The van der Waals surface area contributed by atoms with Crippen LogP contribution < -0.4 is 0 Å². The lowest BCUT2D eigenvalue weighted by Gasteiger charge is -2.28. The fraction of sp³-hybridized carbons (Fsp3) is 0.652. The van der Waals surface area contributed by atoms with E-state index in [1.54, 1.807) is 0 Å². The van der Waals surface area contributed by atoms with Crippen molar-refractivity contribution in [1.82, 2.24) is 29.0 Å². The number of hydrogen-bond donors (Lipinski definition) is 0. The maximum atomic E-state index is 5.95. The number of benzene rings is 1. The largest absolute Gasteiger partial charge is 0.379 e. The third-order valence-corrected chi connectivity index (χ3v) is 6.98. The molecule has 0 aliphatic carbocycles. The van der Waals surface area contributed by atoms with Gasteiger partial charge in [-0.25, -0.2) is 4.68 Å². The van der Waals surface area contributed by atoms with Crippen LogP contribution in [-0.4, -0.2) is 82.5 Å². The Balaban J connectivity index is 1.54. The normalized spacial score (nSPS) is 19.0. The van der Waals surface area contributed by atoms with Crippen LogP contribution in [0.15, 0.2) is 24.3 Å². The van der Waals surface area contributed by atoms with Crippen LogP contribution >= 0.6 is 12.2 Å². The number of aromatic nitrogens is 3. The zero-order valence-corrected chi connectivity index (χ0v) is 20.0. The van der Waals surface area contributed by atoms with Crippen molar-refractivity contribution >= 4 is 12.2 Å². The van der Waals surface area contributed by atoms with Crippen molar-refractivity contribution < 1.29 is 4.74 Å². The molecule has 0 unspecified atom stereocenters. The summed E-state index contributed by atoms with van der Waals surface area (Å²) in [5, 5.41) is 5.06. The van der Waals surface area contributed by atoms with Gasteiger partial charge >= 0.3 is 0 Å². The summed E-state index contributed by atoms with van der Waals surface area (Å²) in [7, 11) is 4.26. The van der Waals surface area contributed by atoms with E-state index in [-0.39, 0.29) is 6.04 Å². The molecule has 31 heavy (non-hydrogen) atoms. The molecule has 1 atom stereocenters. The molecule has 170 valence electrons. The van der Waals surface area contributed by atoms with Crippen molar-refractivity contribution in [1.29, 1.82) is 0 Å². The summed E-state index contributed by atoms with van der Waals surface area (Å²) >= 11 is 5.95. The smallest absolute Gasteiger partial charge is 0.199 e. The zero-order chi connectivity index (χ0) is 21.8. The molecule has 3 heterocycles. The van der Waals surface area contributed by atoms with Crippen molar-refractivity contribution in [2.24, 2.45) is 0 Å². The second-order valence-corrected chi connectivity index (χ2v) is 9.21. The van der Waals surface area contributed by atoms with Gasteiger partial charge in [-0.3, -0.25) is 14.7 Å². The second kappa shape index (κ2) is 10.4. The Bertz CT molecular complexity index is 917. The molecular formula is C23H36N6OS. The van der Waals surface area contributed by atoms with Crippen LogP contribution in [0.1, 0.15) is 36.3 Å². The van der Waals surface area contributed by atoms with E-state index in [1.165, 1.54) is 11.1 Å². The molecule has 1 aromatic carbocycles. The van der Waals surface area contributed by atoms with E-state index in [1.807, 2.05) is 4.68 Å². The summed E-state index contributed by atoms with van der Waals surface area (Å²) in [4.78, 5) is 7.17. The van der Waals surface area contributed by atoms with Crippen LogP contribution in [0.4, 0.5) is 0 Å². The van der Waals surface area contributed by atoms with Gasteiger partial charge in [0.15, 0.2) is 4.77 Å². The molecule has 0 N–H and O–H groups in total. The Morgan fingerprint density at radius 3 is 2.52 bits per heavy atom. The van der Waals surface area contributed by atoms with Crippen molar-refractivity contribution in [3.05, 3.63) is 46.0 Å². The van der Waals surface area contributed by atoms with Gasteiger partial charge in [-0.15, -0.1) is 0 Å². The molecule has 0 amide bonds. The first-order chi connectivity index (χ1) is 15.1. The standard InChI is InChI=1S/C23H36N6OS/c1-4-21(25(2)3)22-24-29(18-27-10-9-19-7-5-6-8-20(19)17-27)23(31)28(22)12-11-26-13-15-30-16-14-26/h5-8,21H,4,9-18H2,1-3H3/t21-/m1/s1. The predicted octanol–water partition coefficient (Wildman–Crippen LogP) is 2.77. The minimum atomic E-state index is 0.259. The summed E-state index contributed by atoms with van der Waals surface area (Å²) in [6, 6.07) is 9.02. The predicted molar refractivity (Wildman–Crippen MR) is 126 cm³/mol. The van der Waals surface area contributed by atoms with Gasteiger partial charge in [0.1, 0.15) is 5.82 Å². The van der Waals surface area contributed by atoms with E-state index in [2.05, 4.69) is 64.6 Å². The summed E-state index contributed by atoms with van der Waals surface area (Å²) in [6.45, 7) is 10.5. The van der Waals surface area contributed by atoms with Gasteiger partial charge in [0, 0.05) is 39.3 Å². The van der Waals surface area contributed by atoms with E-state index >= 15 is 0 Å². The summed E-state index contributed by atoms with van der Waals surface area (Å²) in [5.74, 6) is 1.09. The minimum absolute atomic E-state index is 0.259. The van der Waals surface area contributed by atoms with Crippen LogP contribution in [0.2, 0.25) is 0 Å². The topological polar surface area (TPSA) is 41.7 Å². The Kier molecular flexibility index (Phi) is 7.55. The first-order valence-electron chi connectivity index (χ1n) is 11.5. The SMILES string of the molecule is CC[C@H](c1nn(CN2CCc3ccccc3C2)c(=S)n1CCN1CCOCC1)N(C)C. The molecule has 0 radical (unpaired) electrons. The molecule has 2 aliphatic rings. The van der Waals surface area contributed by atoms with E-state index in [0.717, 1.165) is 82.6 Å². The van der Waals surface area contributed by atoms with E-state index < -0.39 is 0 Å². The number of hydrogen-bond acceptors (Lipinski definition) is 6. The van der Waals surface area contributed by atoms with Gasteiger partial charge in [-0.05, 0) is 50.3 Å². The maximum Gasteiger partial charge on any atom is 0.199 e. The van der Waals surface area contributed by atoms with E-state index in [9.17, 15) is 0 Å². The molecular weight excluding hydrogens is 408 g/mol. The first kappa shape index (κ1) is 22.6. The first-order valence-corrected chi connectivity index (χ1v) is 11.9. The maximum absolute atomic E-state index is 5.95. The van der Waals surface area contributed by atoms with Gasteiger partial charge in [-0.2, -0.15) is 5.10 Å². The second-order valence-electron chi connectivity index (χ2n) is 8.85. The van der Waals surface area contributed by atoms with Crippen LogP contribution in [0.25, 0.3) is 0 Å². The molecule has 0 saturated carbocycles. The molecule has 1 fully saturated rings. The number of morpholine rings is 1. The van der Waals surface area contributed by atoms with Crippen LogP contribution in [0, 0.1) is 4.77 Å². The number of nitrogens with zero attached hydrogens (tertiary/aromatic N) is 6. The Hall–Kier alpha value is -1.58. The molecule has 1 aromatic heterocycles. The fourth-order valence-corrected chi connectivity index (χ4v) is 5.00. The zero-order valence-electron chi connectivity index (χ0n) is 19.2. The average molecular weight is 445 g/mol. The molecule has 8 heteroatoms. The summed E-state index contributed by atoms with van der Waals surface area (Å²) in [5.41, 5.74) is 2.89. The molecule has 0 bridgehead atoms. The fourth-order valence-electron chi connectivity index (χ4n) is 4.72. The van der Waals surface area contributed by atoms with Crippen molar-refractivity contribution in [2.75, 3.05) is 53.5 Å². The highest BCUT2D eigenvalue weighted by molar-refractivity contribution is 7.71. The van der Waals surface area contributed by atoms with Crippen molar-refractivity contribution in [2.45, 2.75) is 45.6 Å². The molecule has 0 spiro atoms. The van der Waals surface area contributed by atoms with Gasteiger partial charge in [-0.1, -0.05) is 31.2 Å². The lowest BCUT2D eigenvalue weighted by molar-refractivity contribution is 0.0361. The third kappa shape index (κ3) is 5.26. The quantitative estimate of drug-likeness (QED) is 0.584. The number of fused-ring (bicyclic) bond motifs is 1. The number of ether oxygens (including phenoxy) is 1. The Labute approximate surface area is 191 Å². The molecule has 1 saturated heterocycles. The molecule has 2 aliphatic heterocycles. The number of rotatable bonds is 8. The van der Waals surface area contributed by atoms with Gasteiger partial charge in [0.05, 0.1) is 25.9 Å². The minimum Gasteiger partial charge on any atom is -0.379 e. The van der Waals surface area contributed by atoms with Gasteiger partial charge in [0.2, 0.25) is 0 Å². The van der Waals surface area contributed by atoms with Crippen LogP contribution in [-0.2, 0) is 30.9 Å². The van der Waals surface area contributed by atoms with Crippen LogP contribution in [0.5, 0.6) is 0 Å². The Morgan fingerprint density at radius 1 is 1.06 bits per heavy atom. The lowest BCUT2D eigenvalue weighted by atomic mass is 10.0. The molecule has 2 aromatic rings. The Morgan fingerprint density at radius 2 is 1.81 bits per heavy atom. The molecule has 7 nitrogen and oxygen atoms in total. The van der Waals surface area contributed by atoms with Crippen molar-refractivity contribution in [3.8, 4) is 0 Å². The average Bonchev–Trinajstić information content (AvgIpc) is 3.08. The highest BCUT2D eigenvalue weighted by Gasteiger charge is 2.24. The monoisotopic (exact) mass is 444 g/mol. The van der Waals surface area contributed by atoms with E-state index in [4.69, 9.17) is 22.1 Å². The molecule has 4 rings (SSSR count). The summed E-state index contributed by atoms with van der Waals surface area (Å²) < 4.78 is 10.7. The van der Waals surface area contributed by atoms with Gasteiger partial charge in [0.25, 0.3) is 0 Å².